The Morgan fingerprint density at radius 1 is 1.09 bits per heavy atom. The molecular formula is C20H27NO2. The molecule has 3 nitrogen and oxygen atoms in total. The summed E-state index contributed by atoms with van der Waals surface area (Å²) >= 11 is 0. The molecule has 0 aromatic heterocycles. The van der Waals surface area contributed by atoms with Crippen molar-refractivity contribution in [3.05, 3.63) is 41.0 Å². The topological polar surface area (TPSA) is 50.1 Å². The maximum Gasteiger partial charge on any atom is 0.348 e. The van der Waals surface area contributed by atoms with Crippen molar-refractivity contribution in [3.63, 3.8) is 0 Å². The zero-order chi connectivity index (χ0) is 16.9. The van der Waals surface area contributed by atoms with Gasteiger partial charge in [0.15, 0.2) is 0 Å². The molecule has 0 saturated carbocycles. The van der Waals surface area contributed by atoms with Crippen LogP contribution in [0.3, 0.4) is 0 Å². The number of ether oxygens (including phenoxy) is 1. The summed E-state index contributed by atoms with van der Waals surface area (Å²) in [7, 11) is 0. The van der Waals surface area contributed by atoms with Crippen LogP contribution in [0.5, 0.6) is 0 Å². The van der Waals surface area contributed by atoms with Crippen molar-refractivity contribution in [1.82, 2.24) is 0 Å². The predicted molar refractivity (Wildman–Crippen MR) is 93.7 cm³/mol. The Morgan fingerprint density at radius 3 is 2.35 bits per heavy atom. The van der Waals surface area contributed by atoms with Crippen molar-refractivity contribution in [3.8, 4) is 6.07 Å². The number of unbranched alkanes of at least 4 members (excludes halogenated alkanes) is 5. The molecule has 0 amide bonds. The minimum absolute atomic E-state index is 0.0375. The van der Waals surface area contributed by atoms with Crippen LogP contribution in [0.25, 0.3) is 6.08 Å². The van der Waals surface area contributed by atoms with E-state index in [1.54, 1.807) is 13.0 Å². The number of benzene rings is 1. The van der Waals surface area contributed by atoms with Crippen molar-refractivity contribution in [1.29, 1.82) is 5.26 Å². The highest BCUT2D eigenvalue weighted by molar-refractivity contribution is 5.97. The van der Waals surface area contributed by atoms with E-state index < -0.39 is 5.97 Å². The minimum atomic E-state index is -0.564. The van der Waals surface area contributed by atoms with Crippen molar-refractivity contribution in [2.24, 2.45) is 0 Å². The first-order chi connectivity index (χ1) is 11.2. The third-order valence-electron chi connectivity index (χ3n) is 3.73. The SMILES string of the molecule is CCCCCCCCc1ccc(/C=C(\C#N)C(=O)OCC)cc1. The van der Waals surface area contributed by atoms with Crippen molar-refractivity contribution in [2.75, 3.05) is 6.61 Å². The molecule has 0 atom stereocenters. The van der Waals surface area contributed by atoms with Crippen molar-refractivity contribution >= 4 is 12.0 Å². The second-order valence-corrected chi connectivity index (χ2v) is 5.65. The number of carbonyl (C=O) groups is 1. The third-order valence-corrected chi connectivity index (χ3v) is 3.73. The standard InChI is InChI=1S/C20H27NO2/c1-3-5-6-7-8-9-10-17-11-13-18(14-12-17)15-19(16-21)20(22)23-4-2/h11-15H,3-10H2,1-2H3/b19-15+. The lowest BCUT2D eigenvalue weighted by Gasteiger charge is -2.03. The summed E-state index contributed by atoms with van der Waals surface area (Å²) in [5.41, 5.74) is 2.18. The molecule has 23 heavy (non-hydrogen) atoms. The van der Waals surface area contributed by atoms with Crippen LogP contribution < -0.4 is 0 Å². The van der Waals surface area contributed by atoms with Gasteiger partial charge in [0.05, 0.1) is 6.61 Å². The molecule has 0 aliphatic heterocycles. The second-order valence-electron chi connectivity index (χ2n) is 5.65. The smallest absolute Gasteiger partial charge is 0.348 e. The van der Waals surface area contributed by atoms with E-state index in [2.05, 4.69) is 19.1 Å². The first-order valence-electron chi connectivity index (χ1n) is 8.59. The predicted octanol–water partition coefficient (Wildman–Crippen LogP) is 5.06. The van der Waals surface area contributed by atoms with Crippen LogP contribution in [0.2, 0.25) is 0 Å². The van der Waals surface area contributed by atoms with E-state index in [0.717, 1.165) is 12.0 Å². The zero-order valence-corrected chi connectivity index (χ0v) is 14.3. The molecule has 0 N–H and O–H groups in total. The van der Waals surface area contributed by atoms with Gasteiger partial charge in [-0.05, 0) is 37.0 Å². The number of aryl methyl sites for hydroxylation is 1. The Hall–Kier alpha value is -2.08. The Kier molecular flexibility index (Phi) is 9.47. The first kappa shape index (κ1) is 19.0. The van der Waals surface area contributed by atoms with Gasteiger partial charge in [-0.3, -0.25) is 0 Å². The molecule has 0 aliphatic rings. The second kappa shape index (κ2) is 11.5. The fourth-order valence-corrected chi connectivity index (χ4v) is 2.40. The Bertz CT molecular complexity index is 538. The van der Waals surface area contributed by atoms with Gasteiger partial charge in [-0.2, -0.15) is 5.26 Å². The van der Waals surface area contributed by atoms with Gasteiger partial charge in [-0.25, -0.2) is 4.79 Å². The number of nitrogens with zero attached hydrogens (tertiary/aromatic N) is 1. The van der Waals surface area contributed by atoms with Crippen LogP contribution in [0.1, 0.15) is 63.5 Å². The normalized spacial score (nSPS) is 11.1. The molecule has 0 saturated heterocycles. The van der Waals surface area contributed by atoms with Crippen LogP contribution in [-0.4, -0.2) is 12.6 Å². The summed E-state index contributed by atoms with van der Waals surface area (Å²) in [6.45, 7) is 4.23. The molecule has 1 aromatic rings. The quantitative estimate of drug-likeness (QED) is 0.262. The van der Waals surface area contributed by atoms with Crippen LogP contribution in [-0.2, 0) is 16.0 Å². The fraction of sp³-hybridized carbons (Fsp3) is 0.500. The van der Waals surface area contributed by atoms with E-state index in [-0.39, 0.29) is 12.2 Å². The van der Waals surface area contributed by atoms with Crippen molar-refractivity contribution < 1.29 is 9.53 Å². The molecule has 0 radical (unpaired) electrons. The molecule has 0 aliphatic carbocycles. The number of rotatable bonds is 10. The Morgan fingerprint density at radius 2 is 1.74 bits per heavy atom. The molecule has 0 heterocycles. The van der Waals surface area contributed by atoms with E-state index >= 15 is 0 Å². The molecular weight excluding hydrogens is 286 g/mol. The summed E-state index contributed by atoms with van der Waals surface area (Å²) in [6.07, 6.45) is 10.4. The van der Waals surface area contributed by atoms with Gasteiger partial charge in [-0.1, -0.05) is 63.3 Å². The summed E-state index contributed by atoms with van der Waals surface area (Å²) in [6, 6.07) is 9.92. The molecule has 0 unspecified atom stereocenters. The highest BCUT2D eigenvalue weighted by Crippen LogP contribution is 2.13. The zero-order valence-electron chi connectivity index (χ0n) is 14.3. The summed E-state index contributed by atoms with van der Waals surface area (Å²) in [4.78, 5) is 11.6. The van der Waals surface area contributed by atoms with Crippen LogP contribution >= 0.6 is 0 Å². The van der Waals surface area contributed by atoms with Gasteiger partial charge >= 0.3 is 5.97 Å². The van der Waals surface area contributed by atoms with Gasteiger partial charge in [0.25, 0.3) is 0 Å². The first-order valence-corrected chi connectivity index (χ1v) is 8.59. The summed E-state index contributed by atoms with van der Waals surface area (Å²) in [5.74, 6) is -0.564. The van der Waals surface area contributed by atoms with Gasteiger partial charge in [0.2, 0.25) is 0 Å². The average Bonchev–Trinajstić information content (AvgIpc) is 2.57. The van der Waals surface area contributed by atoms with Crippen molar-refractivity contribution in [2.45, 2.75) is 58.8 Å². The van der Waals surface area contributed by atoms with Gasteiger partial charge in [0.1, 0.15) is 11.6 Å². The molecule has 0 bridgehead atoms. The molecule has 0 spiro atoms. The fourth-order valence-electron chi connectivity index (χ4n) is 2.40. The molecule has 1 rings (SSSR count). The highest BCUT2D eigenvalue weighted by Gasteiger charge is 2.09. The summed E-state index contributed by atoms with van der Waals surface area (Å²) < 4.78 is 4.85. The lowest BCUT2D eigenvalue weighted by atomic mass is 10.0. The highest BCUT2D eigenvalue weighted by atomic mass is 16.5. The lowest BCUT2D eigenvalue weighted by molar-refractivity contribution is -0.137. The van der Waals surface area contributed by atoms with E-state index in [0.29, 0.717) is 0 Å². The van der Waals surface area contributed by atoms with Gasteiger partial charge < -0.3 is 4.74 Å². The minimum Gasteiger partial charge on any atom is -0.462 e. The number of hydrogen-bond acceptors (Lipinski definition) is 3. The van der Waals surface area contributed by atoms with Gasteiger partial charge in [-0.15, -0.1) is 0 Å². The molecule has 1 aromatic carbocycles. The van der Waals surface area contributed by atoms with E-state index in [1.165, 1.54) is 44.1 Å². The number of nitriles is 1. The lowest BCUT2D eigenvalue weighted by Crippen LogP contribution is -2.05. The van der Waals surface area contributed by atoms with E-state index in [4.69, 9.17) is 10.00 Å². The molecule has 3 heteroatoms. The Labute approximate surface area is 140 Å². The average molecular weight is 313 g/mol. The van der Waals surface area contributed by atoms with Gasteiger partial charge in [0, 0.05) is 0 Å². The van der Waals surface area contributed by atoms with E-state index in [1.807, 2.05) is 18.2 Å². The molecule has 124 valence electrons. The number of hydrogen-bond donors (Lipinski definition) is 0. The number of carbonyl (C=O) groups excluding carboxylic acids is 1. The number of esters is 1. The van der Waals surface area contributed by atoms with E-state index in [9.17, 15) is 4.79 Å². The van der Waals surface area contributed by atoms with Crippen LogP contribution in [0, 0.1) is 11.3 Å². The maximum atomic E-state index is 11.6. The summed E-state index contributed by atoms with van der Waals surface area (Å²) in [5, 5.41) is 9.02. The maximum absolute atomic E-state index is 11.6. The third kappa shape index (κ3) is 7.65. The molecule has 0 fully saturated rings. The van der Waals surface area contributed by atoms with Crippen LogP contribution in [0.15, 0.2) is 29.8 Å². The monoisotopic (exact) mass is 313 g/mol. The largest absolute Gasteiger partial charge is 0.462 e. The van der Waals surface area contributed by atoms with Crippen LogP contribution in [0.4, 0.5) is 0 Å². The Balaban J connectivity index is 2.49.